The van der Waals surface area contributed by atoms with Gasteiger partial charge < -0.3 is 5.32 Å². The highest BCUT2D eigenvalue weighted by atomic mass is 32.2. The number of para-hydroxylation sites is 1. The minimum Gasteiger partial charge on any atom is -0.351 e. The van der Waals surface area contributed by atoms with Crippen molar-refractivity contribution in [3.63, 3.8) is 0 Å². The maximum Gasteiger partial charge on any atom is 0.282 e. The Kier molecular flexibility index (Phi) is 6.06. The number of sulfonamides is 1. The van der Waals surface area contributed by atoms with Gasteiger partial charge in [0.1, 0.15) is 5.56 Å². The molecule has 0 bridgehead atoms. The predicted octanol–water partition coefficient (Wildman–Crippen LogP) is 1.92. The van der Waals surface area contributed by atoms with E-state index in [0.717, 1.165) is 5.56 Å². The van der Waals surface area contributed by atoms with Gasteiger partial charge in [-0.25, -0.2) is 13.1 Å². The Morgan fingerprint density at radius 1 is 1.12 bits per heavy atom. The summed E-state index contributed by atoms with van der Waals surface area (Å²) in [5.41, 5.74) is 1.06. The van der Waals surface area contributed by atoms with E-state index in [1.807, 2.05) is 6.07 Å². The Bertz CT molecular complexity index is 941. The molecule has 0 fully saturated rings. The Morgan fingerprint density at radius 2 is 1.81 bits per heavy atom. The van der Waals surface area contributed by atoms with Gasteiger partial charge in [-0.1, -0.05) is 24.3 Å². The zero-order valence-electron chi connectivity index (χ0n) is 14.4. The number of hydrogen-bond acceptors (Lipinski definition) is 5. The first-order valence-electron chi connectivity index (χ1n) is 7.81. The van der Waals surface area contributed by atoms with E-state index in [4.69, 9.17) is 0 Å². The SMILES string of the molecule is Cc1ccc(C)c(S(=O)(=O)NCCNC(=O)c2ccccc2[N+](=O)[O-])c1. The van der Waals surface area contributed by atoms with Gasteiger partial charge in [0.25, 0.3) is 11.6 Å². The fourth-order valence-electron chi connectivity index (χ4n) is 2.36. The number of nitro benzene ring substituents is 1. The third-order valence-corrected chi connectivity index (χ3v) is 5.28. The van der Waals surface area contributed by atoms with E-state index in [9.17, 15) is 23.3 Å². The fraction of sp³-hybridized carbons (Fsp3) is 0.235. The molecule has 0 aliphatic heterocycles. The normalized spacial score (nSPS) is 11.2. The van der Waals surface area contributed by atoms with Gasteiger partial charge in [0.05, 0.1) is 9.82 Å². The second-order valence-corrected chi connectivity index (χ2v) is 7.43. The first-order valence-corrected chi connectivity index (χ1v) is 9.29. The number of amides is 1. The third kappa shape index (κ3) is 4.64. The molecule has 0 saturated heterocycles. The summed E-state index contributed by atoms with van der Waals surface area (Å²) in [6, 6.07) is 10.7. The Balaban J connectivity index is 1.97. The Morgan fingerprint density at radius 3 is 2.50 bits per heavy atom. The molecular formula is C17H19N3O5S. The van der Waals surface area contributed by atoms with E-state index >= 15 is 0 Å². The van der Waals surface area contributed by atoms with E-state index < -0.39 is 20.9 Å². The van der Waals surface area contributed by atoms with Crippen LogP contribution in [0.3, 0.4) is 0 Å². The lowest BCUT2D eigenvalue weighted by molar-refractivity contribution is -0.385. The summed E-state index contributed by atoms with van der Waals surface area (Å²) in [7, 11) is -3.71. The molecule has 0 saturated carbocycles. The number of rotatable bonds is 7. The number of nitrogens with one attached hydrogen (secondary N) is 2. The average Bonchev–Trinajstić information content (AvgIpc) is 2.60. The number of carbonyl (C=O) groups excluding carboxylic acids is 1. The van der Waals surface area contributed by atoms with Crippen LogP contribution in [0, 0.1) is 24.0 Å². The number of benzene rings is 2. The number of nitrogens with zero attached hydrogens (tertiary/aromatic N) is 1. The van der Waals surface area contributed by atoms with Crippen LogP contribution < -0.4 is 10.0 Å². The summed E-state index contributed by atoms with van der Waals surface area (Å²) in [5.74, 6) is -0.636. The van der Waals surface area contributed by atoms with Crippen LogP contribution in [0.2, 0.25) is 0 Å². The molecule has 0 heterocycles. The zero-order valence-corrected chi connectivity index (χ0v) is 15.2. The van der Waals surface area contributed by atoms with Crippen molar-refractivity contribution in [2.75, 3.05) is 13.1 Å². The third-order valence-electron chi connectivity index (χ3n) is 3.68. The van der Waals surface area contributed by atoms with Crippen LogP contribution in [-0.4, -0.2) is 32.3 Å². The molecule has 0 radical (unpaired) electrons. The fourth-order valence-corrected chi connectivity index (χ4v) is 3.72. The van der Waals surface area contributed by atoms with Gasteiger partial charge in [0, 0.05) is 19.2 Å². The molecule has 2 N–H and O–H groups in total. The molecule has 0 spiro atoms. The zero-order chi connectivity index (χ0) is 19.3. The highest BCUT2D eigenvalue weighted by Crippen LogP contribution is 2.17. The summed E-state index contributed by atoms with van der Waals surface area (Å²) in [5, 5.41) is 13.4. The van der Waals surface area contributed by atoms with Crippen LogP contribution in [0.5, 0.6) is 0 Å². The summed E-state index contributed by atoms with van der Waals surface area (Å²) < 4.78 is 27.1. The summed E-state index contributed by atoms with van der Waals surface area (Å²) in [6.45, 7) is 3.45. The van der Waals surface area contributed by atoms with Gasteiger partial charge in [-0.05, 0) is 37.1 Å². The van der Waals surface area contributed by atoms with Crippen molar-refractivity contribution >= 4 is 21.6 Å². The van der Waals surface area contributed by atoms with Crippen molar-refractivity contribution in [2.45, 2.75) is 18.7 Å². The van der Waals surface area contributed by atoms with Crippen molar-refractivity contribution in [2.24, 2.45) is 0 Å². The first-order chi connectivity index (χ1) is 12.2. The van der Waals surface area contributed by atoms with Crippen molar-refractivity contribution in [1.82, 2.24) is 10.0 Å². The van der Waals surface area contributed by atoms with Crippen molar-refractivity contribution in [3.8, 4) is 0 Å². The topological polar surface area (TPSA) is 118 Å². The molecule has 1 amide bonds. The van der Waals surface area contributed by atoms with Gasteiger partial charge in [0.2, 0.25) is 10.0 Å². The van der Waals surface area contributed by atoms with Gasteiger partial charge in [-0.3, -0.25) is 14.9 Å². The second-order valence-electron chi connectivity index (χ2n) is 5.70. The Labute approximate surface area is 151 Å². The lowest BCUT2D eigenvalue weighted by atomic mass is 10.1. The molecule has 2 rings (SSSR count). The van der Waals surface area contributed by atoms with Crippen LogP contribution in [0.1, 0.15) is 21.5 Å². The van der Waals surface area contributed by atoms with Crippen LogP contribution >= 0.6 is 0 Å². The largest absolute Gasteiger partial charge is 0.351 e. The molecule has 2 aromatic rings. The van der Waals surface area contributed by atoms with E-state index in [2.05, 4.69) is 10.0 Å². The van der Waals surface area contributed by atoms with E-state index in [1.54, 1.807) is 26.0 Å². The highest BCUT2D eigenvalue weighted by molar-refractivity contribution is 7.89. The summed E-state index contributed by atoms with van der Waals surface area (Å²) in [4.78, 5) is 22.6. The molecule has 26 heavy (non-hydrogen) atoms. The number of carbonyl (C=O) groups is 1. The highest BCUT2D eigenvalue weighted by Gasteiger charge is 2.19. The second kappa shape index (κ2) is 8.07. The molecule has 8 nitrogen and oxygen atoms in total. The maximum atomic E-state index is 12.4. The standard InChI is InChI=1S/C17H19N3O5S/c1-12-7-8-13(2)16(11-12)26(24,25)19-10-9-18-17(21)14-5-3-4-6-15(14)20(22)23/h3-8,11,19H,9-10H2,1-2H3,(H,18,21). The van der Waals surface area contributed by atoms with E-state index in [1.165, 1.54) is 24.3 Å². The summed E-state index contributed by atoms with van der Waals surface area (Å²) >= 11 is 0. The number of nitro groups is 1. The van der Waals surface area contributed by atoms with Crippen LogP contribution in [-0.2, 0) is 10.0 Å². The molecule has 9 heteroatoms. The molecule has 0 aromatic heterocycles. The number of hydrogen-bond donors (Lipinski definition) is 2. The van der Waals surface area contributed by atoms with Gasteiger partial charge in [-0.2, -0.15) is 0 Å². The summed E-state index contributed by atoms with van der Waals surface area (Å²) in [6.07, 6.45) is 0. The van der Waals surface area contributed by atoms with Crippen molar-refractivity contribution in [1.29, 1.82) is 0 Å². The predicted molar refractivity (Wildman–Crippen MR) is 96.5 cm³/mol. The van der Waals surface area contributed by atoms with Crippen molar-refractivity contribution in [3.05, 3.63) is 69.3 Å². The van der Waals surface area contributed by atoms with E-state index in [0.29, 0.717) is 5.56 Å². The molecule has 0 unspecified atom stereocenters. The van der Waals surface area contributed by atoms with Crippen LogP contribution in [0.15, 0.2) is 47.4 Å². The van der Waals surface area contributed by atoms with Crippen LogP contribution in [0.4, 0.5) is 5.69 Å². The van der Waals surface area contributed by atoms with Gasteiger partial charge >= 0.3 is 0 Å². The minimum atomic E-state index is -3.71. The lowest BCUT2D eigenvalue weighted by Gasteiger charge is -2.11. The molecular weight excluding hydrogens is 358 g/mol. The molecule has 0 aliphatic carbocycles. The molecule has 0 aliphatic rings. The van der Waals surface area contributed by atoms with Gasteiger partial charge in [-0.15, -0.1) is 0 Å². The quantitative estimate of drug-likeness (QED) is 0.434. The molecule has 138 valence electrons. The monoisotopic (exact) mass is 377 g/mol. The van der Waals surface area contributed by atoms with E-state index in [-0.39, 0.29) is 29.2 Å². The maximum absolute atomic E-state index is 12.4. The average molecular weight is 377 g/mol. The number of aryl methyl sites for hydroxylation is 2. The Hall–Kier alpha value is -2.78. The van der Waals surface area contributed by atoms with Gasteiger partial charge in [0.15, 0.2) is 0 Å². The molecule has 2 aromatic carbocycles. The smallest absolute Gasteiger partial charge is 0.282 e. The lowest BCUT2D eigenvalue weighted by Crippen LogP contribution is -2.35. The van der Waals surface area contributed by atoms with Crippen molar-refractivity contribution < 1.29 is 18.1 Å². The molecule has 0 atom stereocenters. The minimum absolute atomic E-state index is 0.00498. The van der Waals surface area contributed by atoms with Crippen LogP contribution in [0.25, 0.3) is 0 Å². The first kappa shape index (κ1) is 19.5.